The van der Waals surface area contributed by atoms with Crippen LogP contribution >= 0.6 is 0 Å². The number of nitrogens with zero attached hydrogens (tertiary/aromatic N) is 2. The molecule has 1 aromatic carbocycles. The van der Waals surface area contributed by atoms with Crippen molar-refractivity contribution in [3.63, 3.8) is 0 Å². The predicted molar refractivity (Wildman–Crippen MR) is 63.1 cm³/mol. The molecule has 8 heteroatoms. The molecule has 0 heterocycles. The summed E-state index contributed by atoms with van der Waals surface area (Å²) in [6.45, 7) is -0.909. The highest BCUT2D eigenvalue weighted by atomic mass is 16.6. The van der Waals surface area contributed by atoms with Gasteiger partial charge in [0.1, 0.15) is 6.54 Å². The monoisotopic (exact) mass is 265 g/mol. The number of carbonyl (C=O) groups excluding carboxylic acids is 1. The standard InChI is InChI=1S/C11H11N3O5/c12-3-4-13-11(16)7-19-10-5-8(6-15)1-2-9(10)14(17)18/h1-2,5,15H,4,6-7H2,(H,13,16). The van der Waals surface area contributed by atoms with Gasteiger partial charge < -0.3 is 15.2 Å². The lowest BCUT2D eigenvalue weighted by Gasteiger charge is -2.07. The number of ether oxygens (including phenoxy) is 1. The van der Waals surface area contributed by atoms with Crippen molar-refractivity contribution >= 4 is 11.6 Å². The molecule has 1 amide bonds. The largest absolute Gasteiger partial charge is 0.477 e. The molecule has 8 nitrogen and oxygen atoms in total. The third-order valence-electron chi connectivity index (χ3n) is 2.13. The average molecular weight is 265 g/mol. The Labute approximate surface area is 108 Å². The van der Waals surface area contributed by atoms with E-state index in [0.717, 1.165) is 0 Å². The van der Waals surface area contributed by atoms with Gasteiger partial charge in [-0.1, -0.05) is 0 Å². The van der Waals surface area contributed by atoms with Gasteiger partial charge in [0.05, 0.1) is 17.6 Å². The maximum atomic E-state index is 11.2. The summed E-state index contributed by atoms with van der Waals surface area (Å²) in [5.74, 6) is -0.672. The number of rotatable bonds is 6. The van der Waals surface area contributed by atoms with Crippen LogP contribution in [0.4, 0.5) is 5.69 Å². The number of nitro benzene ring substituents is 1. The Kier molecular flexibility index (Phi) is 5.25. The van der Waals surface area contributed by atoms with Crippen molar-refractivity contribution < 1.29 is 19.6 Å². The summed E-state index contributed by atoms with van der Waals surface area (Å²) < 4.78 is 5.03. The number of aliphatic hydroxyl groups is 1. The Hall–Kier alpha value is -2.66. The summed E-state index contributed by atoms with van der Waals surface area (Å²) in [4.78, 5) is 21.3. The number of amides is 1. The molecule has 0 spiro atoms. The third-order valence-corrected chi connectivity index (χ3v) is 2.13. The number of nitro groups is 1. The molecule has 1 rings (SSSR count). The Bertz CT molecular complexity index is 524. The summed E-state index contributed by atoms with van der Waals surface area (Å²) in [7, 11) is 0. The van der Waals surface area contributed by atoms with Crippen LogP contribution < -0.4 is 10.1 Å². The highest BCUT2D eigenvalue weighted by molar-refractivity contribution is 5.77. The van der Waals surface area contributed by atoms with Gasteiger partial charge in [-0.2, -0.15) is 5.26 Å². The van der Waals surface area contributed by atoms with Crippen molar-refractivity contribution in [1.82, 2.24) is 5.32 Å². The molecule has 0 aromatic heterocycles. The van der Waals surface area contributed by atoms with Gasteiger partial charge in [-0.05, 0) is 17.7 Å². The number of nitriles is 1. The number of carbonyl (C=O) groups is 1. The van der Waals surface area contributed by atoms with E-state index in [0.29, 0.717) is 5.56 Å². The van der Waals surface area contributed by atoms with Gasteiger partial charge in [-0.25, -0.2) is 0 Å². The van der Waals surface area contributed by atoms with Crippen LogP contribution in [-0.4, -0.2) is 29.1 Å². The molecule has 0 saturated carbocycles. The fourth-order valence-corrected chi connectivity index (χ4v) is 1.26. The highest BCUT2D eigenvalue weighted by Crippen LogP contribution is 2.27. The van der Waals surface area contributed by atoms with E-state index in [1.165, 1.54) is 18.2 Å². The molecular formula is C11H11N3O5. The summed E-state index contributed by atoms with van der Waals surface area (Å²) in [6, 6.07) is 5.58. The van der Waals surface area contributed by atoms with Crippen LogP contribution in [0.5, 0.6) is 5.75 Å². The van der Waals surface area contributed by atoms with E-state index in [2.05, 4.69) is 5.32 Å². The Morgan fingerprint density at radius 3 is 2.89 bits per heavy atom. The van der Waals surface area contributed by atoms with Crippen LogP contribution in [0.25, 0.3) is 0 Å². The summed E-state index contributed by atoms with van der Waals surface area (Å²) >= 11 is 0. The van der Waals surface area contributed by atoms with Crippen LogP contribution in [0.3, 0.4) is 0 Å². The SMILES string of the molecule is N#CCNC(=O)COc1cc(CO)ccc1[N+](=O)[O-]. The molecule has 0 aliphatic carbocycles. The van der Waals surface area contributed by atoms with Crippen molar-refractivity contribution in [2.75, 3.05) is 13.2 Å². The van der Waals surface area contributed by atoms with Crippen molar-refractivity contribution in [2.45, 2.75) is 6.61 Å². The first-order valence-corrected chi connectivity index (χ1v) is 5.23. The fourth-order valence-electron chi connectivity index (χ4n) is 1.26. The predicted octanol–water partition coefficient (Wildman–Crippen LogP) is 0.106. The Balaban J connectivity index is 2.78. The molecule has 100 valence electrons. The van der Waals surface area contributed by atoms with Gasteiger partial charge in [0, 0.05) is 6.07 Å². The molecular weight excluding hydrogens is 254 g/mol. The van der Waals surface area contributed by atoms with E-state index in [1.54, 1.807) is 6.07 Å². The maximum absolute atomic E-state index is 11.2. The van der Waals surface area contributed by atoms with Gasteiger partial charge >= 0.3 is 5.69 Å². The fraction of sp³-hybridized carbons (Fsp3) is 0.273. The summed E-state index contributed by atoms with van der Waals surface area (Å²) in [6.07, 6.45) is 0. The number of hydrogen-bond donors (Lipinski definition) is 2. The van der Waals surface area contributed by atoms with E-state index >= 15 is 0 Å². The molecule has 19 heavy (non-hydrogen) atoms. The normalized spacial score (nSPS) is 9.47. The smallest absolute Gasteiger partial charge is 0.310 e. The molecule has 2 N–H and O–H groups in total. The molecule has 0 unspecified atom stereocenters. The number of hydrogen-bond acceptors (Lipinski definition) is 6. The first-order valence-electron chi connectivity index (χ1n) is 5.23. The first-order chi connectivity index (χ1) is 9.08. The zero-order valence-electron chi connectivity index (χ0n) is 9.83. The highest BCUT2D eigenvalue weighted by Gasteiger charge is 2.16. The molecule has 0 fully saturated rings. The van der Waals surface area contributed by atoms with Crippen molar-refractivity contribution in [2.24, 2.45) is 0 Å². The molecule has 0 aliphatic heterocycles. The molecule has 0 saturated heterocycles. The quantitative estimate of drug-likeness (QED) is 0.427. The van der Waals surface area contributed by atoms with Crippen LogP contribution in [0.15, 0.2) is 18.2 Å². The van der Waals surface area contributed by atoms with E-state index in [9.17, 15) is 14.9 Å². The molecule has 0 bridgehead atoms. The van der Waals surface area contributed by atoms with Crippen LogP contribution in [0.1, 0.15) is 5.56 Å². The Morgan fingerprint density at radius 1 is 1.58 bits per heavy atom. The van der Waals surface area contributed by atoms with Crippen LogP contribution in [-0.2, 0) is 11.4 Å². The lowest BCUT2D eigenvalue weighted by Crippen LogP contribution is -2.29. The summed E-state index contributed by atoms with van der Waals surface area (Å²) in [5, 5.41) is 30.2. The van der Waals surface area contributed by atoms with Crippen LogP contribution in [0.2, 0.25) is 0 Å². The minimum Gasteiger partial charge on any atom is -0.477 e. The summed E-state index contributed by atoms with van der Waals surface area (Å²) in [5.41, 5.74) is 0.128. The lowest BCUT2D eigenvalue weighted by atomic mass is 10.2. The second-order valence-electron chi connectivity index (χ2n) is 3.44. The van der Waals surface area contributed by atoms with Gasteiger partial charge in [0.2, 0.25) is 0 Å². The topological polar surface area (TPSA) is 125 Å². The zero-order chi connectivity index (χ0) is 14.3. The lowest BCUT2D eigenvalue weighted by molar-refractivity contribution is -0.385. The van der Waals surface area contributed by atoms with E-state index in [1.807, 2.05) is 0 Å². The zero-order valence-corrected chi connectivity index (χ0v) is 9.83. The van der Waals surface area contributed by atoms with Gasteiger partial charge in [-0.15, -0.1) is 0 Å². The minimum atomic E-state index is -0.649. The second kappa shape index (κ2) is 6.93. The molecule has 0 aliphatic rings. The Morgan fingerprint density at radius 2 is 2.32 bits per heavy atom. The van der Waals surface area contributed by atoms with Crippen molar-refractivity contribution in [3.05, 3.63) is 33.9 Å². The number of aliphatic hydroxyl groups excluding tert-OH is 1. The first kappa shape index (κ1) is 14.4. The van der Waals surface area contributed by atoms with Crippen molar-refractivity contribution in [1.29, 1.82) is 5.26 Å². The average Bonchev–Trinajstić information content (AvgIpc) is 2.42. The van der Waals surface area contributed by atoms with Crippen LogP contribution in [0, 0.1) is 21.4 Å². The van der Waals surface area contributed by atoms with E-state index in [4.69, 9.17) is 15.1 Å². The number of nitrogens with one attached hydrogen (secondary N) is 1. The minimum absolute atomic E-state index is 0.108. The van der Waals surface area contributed by atoms with Gasteiger partial charge in [0.25, 0.3) is 5.91 Å². The third kappa shape index (κ3) is 4.25. The van der Waals surface area contributed by atoms with Gasteiger partial charge in [-0.3, -0.25) is 14.9 Å². The van der Waals surface area contributed by atoms with Gasteiger partial charge in [0.15, 0.2) is 12.4 Å². The van der Waals surface area contributed by atoms with E-state index < -0.39 is 17.4 Å². The van der Waals surface area contributed by atoms with Crippen molar-refractivity contribution in [3.8, 4) is 11.8 Å². The molecule has 1 aromatic rings. The second-order valence-corrected chi connectivity index (χ2v) is 3.44. The molecule has 0 atom stereocenters. The molecule has 0 radical (unpaired) electrons. The number of benzene rings is 1. The maximum Gasteiger partial charge on any atom is 0.310 e. The van der Waals surface area contributed by atoms with E-state index in [-0.39, 0.29) is 24.6 Å².